The topological polar surface area (TPSA) is 40.6 Å². The van der Waals surface area contributed by atoms with E-state index in [4.69, 9.17) is 23.2 Å². The predicted molar refractivity (Wildman–Crippen MR) is 122 cm³/mol. The van der Waals surface area contributed by atoms with Crippen molar-refractivity contribution in [2.45, 2.75) is 11.4 Å². The number of amides is 2. The van der Waals surface area contributed by atoms with Gasteiger partial charge >= 0.3 is 0 Å². The minimum Gasteiger partial charge on any atom is -0.304 e. The molecule has 0 radical (unpaired) electrons. The van der Waals surface area contributed by atoms with Crippen LogP contribution in [0.15, 0.2) is 72.8 Å². The minimum atomic E-state index is -1.15. The Labute approximate surface area is 188 Å². The summed E-state index contributed by atoms with van der Waals surface area (Å²) in [5.41, 5.74) is 3.05. The summed E-state index contributed by atoms with van der Waals surface area (Å²) >= 11 is 13.9. The number of fused-ring (bicyclic) bond motifs is 2. The third-order valence-electron chi connectivity index (χ3n) is 5.42. The molecule has 1 spiro atoms. The van der Waals surface area contributed by atoms with Gasteiger partial charge in [0.05, 0.1) is 18.0 Å². The van der Waals surface area contributed by atoms with Crippen LogP contribution in [0.3, 0.4) is 0 Å². The van der Waals surface area contributed by atoms with Crippen LogP contribution in [0.5, 0.6) is 0 Å². The molecule has 0 bridgehead atoms. The zero-order valence-electron chi connectivity index (χ0n) is 15.7. The standard InChI is InChI=1S/C23H16Cl2N2O2S/c24-16-7-5-8-17(12-16)27-21(28)14-30-23(27)18-9-2-4-11-20(18)26(22(23)29)13-15-6-1-3-10-19(15)25/h1-12H,13-14H2/t23-/m1/s1. The van der Waals surface area contributed by atoms with E-state index in [0.717, 1.165) is 16.8 Å². The van der Waals surface area contributed by atoms with E-state index in [0.29, 0.717) is 22.3 Å². The number of thioether (sulfide) groups is 1. The Kier molecular flexibility index (Phi) is 4.77. The van der Waals surface area contributed by atoms with Crippen molar-refractivity contribution in [3.8, 4) is 0 Å². The van der Waals surface area contributed by atoms with E-state index in [1.807, 2.05) is 54.6 Å². The molecule has 7 heteroatoms. The molecule has 2 heterocycles. The molecule has 5 rings (SSSR count). The van der Waals surface area contributed by atoms with Crippen molar-refractivity contribution in [3.63, 3.8) is 0 Å². The smallest absolute Gasteiger partial charge is 0.269 e. The molecule has 1 saturated heterocycles. The van der Waals surface area contributed by atoms with E-state index in [9.17, 15) is 9.59 Å². The number of halogens is 2. The van der Waals surface area contributed by atoms with Crippen LogP contribution < -0.4 is 9.80 Å². The van der Waals surface area contributed by atoms with Crippen LogP contribution in [0.1, 0.15) is 11.1 Å². The first-order valence-corrected chi connectivity index (χ1v) is 11.1. The third kappa shape index (κ3) is 2.84. The van der Waals surface area contributed by atoms with E-state index in [-0.39, 0.29) is 17.6 Å². The van der Waals surface area contributed by atoms with Crippen LogP contribution in [0, 0.1) is 0 Å². The fourth-order valence-electron chi connectivity index (χ4n) is 4.12. The predicted octanol–water partition coefficient (Wildman–Crippen LogP) is 5.47. The Morgan fingerprint density at radius 1 is 0.933 bits per heavy atom. The van der Waals surface area contributed by atoms with Gasteiger partial charge in [0.1, 0.15) is 0 Å². The van der Waals surface area contributed by atoms with E-state index >= 15 is 0 Å². The summed E-state index contributed by atoms with van der Waals surface area (Å²) in [7, 11) is 0. The summed E-state index contributed by atoms with van der Waals surface area (Å²) in [5.74, 6) is -0.0588. The quantitative estimate of drug-likeness (QED) is 0.526. The lowest BCUT2D eigenvalue weighted by atomic mass is 10.0. The first-order chi connectivity index (χ1) is 14.5. The number of hydrogen-bond donors (Lipinski definition) is 0. The Hall–Kier alpha value is -2.47. The van der Waals surface area contributed by atoms with Crippen LogP contribution >= 0.6 is 35.0 Å². The largest absolute Gasteiger partial charge is 0.304 e. The van der Waals surface area contributed by atoms with Gasteiger partial charge in [-0.1, -0.05) is 65.7 Å². The molecule has 1 fully saturated rings. The molecule has 30 heavy (non-hydrogen) atoms. The fourth-order valence-corrected chi connectivity index (χ4v) is 5.86. The number of anilines is 2. The summed E-state index contributed by atoms with van der Waals surface area (Å²) in [6, 6.07) is 22.2. The van der Waals surface area contributed by atoms with E-state index in [2.05, 4.69) is 0 Å². The van der Waals surface area contributed by atoms with Crippen molar-refractivity contribution in [1.82, 2.24) is 0 Å². The Morgan fingerprint density at radius 3 is 2.50 bits per heavy atom. The zero-order chi connectivity index (χ0) is 20.9. The van der Waals surface area contributed by atoms with Crippen LogP contribution in [-0.2, 0) is 21.0 Å². The Morgan fingerprint density at radius 2 is 1.70 bits per heavy atom. The molecule has 1 atom stereocenters. The first-order valence-electron chi connectivity index (χ1n) is 9.40. The van der Waals surface area contributed by atoms with Crippen LogP contribution in [0.2, 0.25) is 10.0 Å². The average molecular weight is 455 g/mol. The first kappa shape index (κ1) is 19.5. The Bertz CT molecular complexity index is 1190. The van der Waals surface area contributed by atoms with Gasteiger partial charge in [-0.05, 0) is 35.9 Å². The third-order valence-corrected chi connectivity index (χ3v) is 7.41. The number of benzene rings is 3. The number of rotatable bonds is 3. The molecule has 0 saturated carbocycles. The second kappa shape index (κ2) is 7.34. The van der Waals surface area contributed by atoms with Crippen molar-refractivity contribution < 1.29 is 9.59 Å². The highest BCUT2D eigenvalue weighted by Gasteiger charge is 2.60. The highest BCUT2D eigenvalue weighted by molar-refractivity contribution is 8.02. The highest BCUT2D eigenvalue weighted by atomic mass is 35.5. The molecule has 2 amide bonds. The number of nitrogens with zero attached hydrogens (tertiary/aromatic N) is 2. The fraction of sp³-hybridized carbons (Fsp3) is 0.130. The average Bonchev–Trinajstić information content (AvgIpc) is 3.21. The van der Waals surface area contributed by atoms with Gasteiger partial charge in [-0.25, -0.2) is 0 Å². The summed E-state index contributed by atoms with van der Waals surface area (Å²) in [4.78, 5) is 29.1. The highest BCUT2D eigenvalue weighted by Crippen LogP contribution is 2.56. The summed E-state index contributed by atoms with van der Waals surface area (Å²) in [6.45, 7) is 0.329. The second-order valence-electron chi connectivity index (χ2n) is 7.14. The maximum atomic E-state index is 14.0. The number of carbonyl (C=O) groups is 2. The number of hydrogen-bond acceptors (Lipinski definition) is 3. The van der Waals surface area contributed by atoms with E-state index < -0.39 is 4.87 Å². The normalized spacial score (nSPS) is 20.3. The molecular formula is C23H16Cl2N2O2S. The molecule has 4 nitrogen and oxygen atoms in total. The van der Waals surface area contributed by atoms with Crippen molar-refractivity contribution in [2.24, 2.45) is 0 Å². The molecular weight excluding hydrogens is 439 g/mol. The van der Waals surface area contributed by atoms with Crippen molar-refractivity contribution in [3.05, 3.63) is 94.0 Å². The lowest BCUT2D eigenvalue weighted by Crippen LogP contribution is -2.49. The number of para-hydroxylation sites is 1. The SMILES string of the molecule is O=C1CS[C@]2(C(=O)N(Cc3ccccc3Cl)c3ccccc32)N1c1cccc(Cl)c1. The zero-order valence-corrected chi connectivity index (χ0v) is 18.0. The van der Waals surface area contributed by atoms with Crippen molar-refractivity contribution in [2.75, 3.05) is 15.6 Å². The van der Waals surface area contributed by atoms with Gasteiger partial charge in [0.15, 0.2) is 0 Å². The molecule has 3 aromatic rings. The van der Waals surface area contributed by atoms with Gasteiger partial charge in [0.25, 0.3) is 5.91 Å². The van der Waals surface area contributed by atoms with Gasteiger partial charge in [-0.3, -0.25) is 14.5 Å². The summed E-state index contributed by atoms with van der Waals surface area (Å²) in [6.07, 6.45) is 0. The Balaban J connectivity index is 1.66. The molecule has 0 aliphatic carbocycles. The van der Waals surface area contributed by atoms with Gasteiger partial charge in [-0.15, -0.1) is 11.8 Å². The lowest BCUT2D eigenvalue weighted by Gasteiger charge is -2.33. The lowest BCUT2D eigenvalue weighted by molar-refractivity contribution is -0.123. The van der Waals surface area contributed by atoms with E-state index in [1.165, 1.54) is 11.8 Å². The maximum Gasteiger partial charge on any atom is 0.269 e. The van der Waals surface area contributed by atoms with Gasteiger partial charge < -0.3 is 4.90 Å². The molecule has 150 valence electrons. The van der Waals surface area contributed by atoms with Crippen LogP contribution in [0.25, 0.3) is 0 Å². The number of carbonyl (C=O) groups excluding carboxylic acids is 2. The molecule has 2 aliphatic rings. The summed E-state index contributed by atoms with van der Waals surface area (Å²) < 4.78 is 0. The second-order valence-corrected chi connectivity index (χ2v) is 9.15. The van der Waals surface area contributed by atoms with Crippen molar-refractivity contribution >= 4 is 58.2 Å². The van der Waals surface area contributed by atoms with Crippen LogP contribution in [0.4, 0.5) is 11.4 Å². The van der Waals surface area contributed by atoms with Crippen LogP contribution in [-0.4, -0.2) is 17.6 Å². The van der Waals surface area contributed by atoms with Crippen molar-refractivity contribution in [1.29, 1.82) is 0 Å². The molecule has 0 unspecified atom stereocenters. The molecule has 3 aromatic carbocycles. The van der Waals surface area contributed by atoms with Gasteiger partial charge in [0, 0.05) is 21.3 Å². The minimum absolute atomic E-state index is 0.120. The van der Waals surface area contributed by atoms with E-state index in [1.54, 1.807) is 28.0 Å². The summed E-state index contributed by atoms with van der Waals surface area (Å²) in [5, 5.41) is 1.12. The van der Waals surface area contributed by atoms with Gasteiger partial charge in [0.2, 0.25) is 10.8 Å². The molecule has 0 N–H and O–H groups in total. The maximum absolute atomic E-state index is 14.0. The molecule has 0 aromatic heterocycles. The van der Waals surface area contributed by atoms with Gasteiger partial charge in [-0.2, -0.15) is 0 Å². The molecule has 2 aliphatic heterocycles. The monoisotopic (exact) mass is 454 g/mol.